The minimum Gasteiger partial charge on any atom is -0.341 e. The van der Waals surface area contributed by atoms with Crippen LogP contribution in [0.3, 0.4) is 0 Å². The summed E-state index contributed by atoms with van der Waals surface area (Å²) in [6, 6.07) is 64.9. The Balaban J connectivity index is 1.02. The first-order chi connectivity index (χ1) is 29.7. The third-order valence-electron chi connectivity index (χ3n) is 14.2. The summed E-state index contributed by atoms with van der Waals surface area (Å²) in [7, 11) is 0. The van der Waals surface area contributed by atoms with E-state index in [2.05, 4.69) is 193 Å². The van der Waals surface area contributed by atoms with E-state index in [1.165, 1.54) is 141 Å². The molecule has 60 heavy (non-hydrogen) atoms. The maximum absolute atomic E-state index is 2.45. The van der Waals surface area contributed by atoms with Crippen molar-refractivity contribution in [3.8, 4) is 22.3 Å². The van der Waals surface area contributed by atoms with Crippen LogP contribution in [0.5, 0.6) is 0 Å². The van der Waals surface area contributed by atoms with Crippen molar-refractivity contribution in [2.24, 2.45) is 0 Å². The van der Waals surface area contributed by atoms with Gasteiger partial charge in [-0.15, -0.1) is 0 Å². The lowest BCUT2D eigenvalue weighted by atomic mass is 9.81. The molecule has 0 aliphatic rings. The van der Waals surface area contributed by atoms with E-state index in [1.807, 2.05) is 0 Å². The van der Waals surface area contributed by atoms with E-state index < -0.39 is 0 Å². The summed E-state index contributed by atoms with van der Waals surface area (Å²) in [6.07, 6.45) is 0. The molecular weight excluding hydrogens is 725 g/mol. The molecule has 0 radical (unpaired) electrons. The highest BCUT2D eigenvalue weighted by Gasteiger charge is 2.22. The van der Waals surface area contributed by atoms with Gasteiger partial charge < -0.3 is 9.13 Å². The molecule has 0 unspecified atom stereocenters. The van der Waals surface area contributed by atoms with Gasteiger partial charge in [-0.25, -0.2) is 0 Å². The summed E-state index contributed by atoms with van der Waals surface area (Å²) in [6.45, 7) is 6.37. The van der Waals surface area contributed by atoms with E-state index in [4.69, 9.17) is 0 Å². The van der Waals surface area contributed by atoms with Crippen molar-refractivity contribution in [1.82, 2.24) is 9.13 Å². The van der Waals surface area contributed by atoms with Gasteiger partial charge in [-0.05, 0) is 160 Å². The summed E-state index contributed by atoms with van der Waals surface area (Å²) in [5, 5.41) is 24.0. The monoisotopic (exact) mass is 762 g/mol. The second-order valence-electron chi connectivity index (χ2n) is 16.9. The highest BCUT2D eigenvalue weighted by atomic mass is 15.0. The molecule has 0 bridgehead atoms. The molecule has 0 aliphatic heterocycles. The Morgan fingerprint density at radius 1 is 0.250 bits per heavy atom. The van der Waals surface area contributed by atoms with Crippen molar-refractivity contribution in [2.45, 2.75) is 26.9 Å². The Morgan fingerprint density at radius 2 is 0.567 bits per heavy atom. The minimum absolute atomic E-state index is 0.949. The molecule has 0 saturated heterocycles. The average molecular weight is 763 g/mol. The van der Waals surface area contributed by atoms with Crippen molar-refractivity contribution in [3.05, 3.63) is 170 Å². The van der Waals surface area contributed by atoms with Gasteiger partial charge in [0.2, 0.25) is 0 Å². The third kappa shape index (κ3) is 4.03. The SMILES string of the molecule is CCn1c2ccccc2c2cc(-c3ccc4c(c3)c3cccc5c6cccc7c8cc(-c9ccc%10c(c9)c9ccccc9n%10CC)ccc8c8ccc4c(c35)c8c76)ccc21. The molecule has 14 rings (SSSR count). The summed E-state index contributed by atoms with van der Waals surface area (Å²) >= 11 is 0. The first-order valence-corrected chi connectivity index (χ1v) is 21.4. The fourth-order valence-electron chi connectivity index (χ4n) is 11.6. The van der Waals surface area contributed by atoms with E-state index in [0.29, 0.717) is 0 Å². The molecule has 14 aromatic rings. The van der Waals surface area contributed by atoms with Gasteiger partial charge in [0.25, 0.3) is 0 Å². The lowest BCUT2D eigenvalue weighted by molar-refractivity contribution is 0.827. The number of para-hydroxylation sites is 2. The second kappa shape index (κ2) is 11.6. The fraction of sp³-hybridized carbons (Fsp3) is 0.0690. The van der Waals surface area contributed by atoms with Crippen LogP contribution in [-0.4, -0.2) is 9.13 Å². The van der Waals surface area contributed by atoms with Gasteiger partial charge in [0.1, 0.15) is 0 Å². The second-order valence-corrected chi connectivity index (χ2v) is 16.9. The highest BCUT2D eigenvalue weighted by Crippen LogP contribution is 2.51. The molecule has 2 heteroatoms. The molecule has 2 aromatic heterocycles. The molecule has 0 amide bonds. The summed E-state index contributed by atoms with van der Waals surface area (Å²) in [4.78, 5) is 0. The van der Waals surface area contributed by atoms with E-state index in [1.54, 1.807) is 0 Å². The predicted octanol–water partition coefficient (Wildman–Crippen LogP) is 16.2. The zero-order chi connectivity index (χ0) is 39.4. The normalized spacial score (nSPS) is 12.6. The highest BCUT2D eigenvalue weighted by molar-refractivity contribution is 6.47. The first kappa shape index (κ1) is 32.5. The van der Waals surface area contributed by atoms with Gasteiger partial charge in [-0.1, -0.05) is 121 Å². The molecule has 0 saturated carbocycles. The van der Waals surface area contributed by atoms with Crippen molar-refractivity contribution in [3.63, 3.8) is 0 Å². The Bertz CT molecular complexity index is 3870. The maximum Gasteiger partial charge on any atom is 0.0491 e. The molecule has 2 nitrogen and oxygen atoms in total. The molecule has 12 aromatic carbocycles. The van der Waals surface area contributed by atoms with Crippen LogP contribution in [0.2, 0.25) is 0 Å². The van der Waals surface area contributed by atoms with Gasteiger partial charge in [0.15, 0.2) is 0 Å². The zero-order valence-electron chi connectivity index (χ0n) is 33.5. The standard InChI is InChI=1S/C58H38N2/c1-3-59-51-17-7-5-11-39(51)49-31-35(21-27-53(49)59)33-19-23-37-45-25-26-46-38-24-20-34(36-22-28-54-50(32-36)40-12-6-8-18-52(40)60(54)4-2)30-48(38)44-16-10-14-42-41-13-9-15-43(47(37)29-33)55(41)57(45)58(46)56(42)44/h5-32H,3-4H2,1-2H3. The number of fused-ring (bicyclic) bond motifs is 13. The summed E-state index contributed by atoms with van der Waals surface area (Å²) in [5.41, 5.74) is 10.2. The minimum atomic E-state index is 0.949. The van der Waals surface area contributed by atoms with Crippen LogP contribution in [0.4, 0.5) is 0 Å². The van der Waals surface area contributed by atoms with Gasteiger partial charge in [-0.3, -0.25) is 0 Å². The molecular formula is C58H38N2. The van der Waals surface area contributed by atoms with E-state index in [0.717, 1.165) is 13.1 Å². The Labute approximate surface area is 345 Å². The lowest BCUT2D eigenvalue weighted by Gasteiger charge is -2.22. The van der Waals surface area contributed by atoms with Crippen molar-refractivity contribution < 1.29 is 0 Å². The van der Waals surface area contributed by atoms with Gasteiger partial charge in [-0.2, -0.15) is 0 Å². The lowest BCUT2D eigenvalue weighted by Crippen LogP contribution is -1.94. The summed E-state index contributed by atoms with van der Waals surface area (Å²) in [5.74, 6) is 0. The number of hydrogen-bond donors (Lipinski definition) is 0. The number of aryl methyl sites for hydroxylation is 2. The number of rotatable bonds is 4. The molecule has 0 fully saturated rings. The van der Waals surface area contributed by atoms with Gasteiger partial charge >= 0.3 is 0 Å². The van der Waals surface area contributed by atoms with Gasteiger partial charge in [0.05, 0.1) is 0 Å². The van der Waals surface area contributed by atoms with E-state index in [-0.39, 0.29) is 0 Å². The Morgan fingerprint density at radius 3 is 1.00 bits per heavy atom. The van der Waals surface area contributed by atoms with Crippen LogP contribution in [-0.2, 0) is 13.1 Å². The largest absolute Gasteiger partial charge is 0.341 e. The van der Waals surface area contributed by atoms with Crippen LogP contribution >= 0.6 is 0 Å². The van der Waals surface area contributed by atoms with Crippen LogP contribution in [0.15, 0.2) is 170 Å². The first-order valence-electron chi connectivity index (χ1n) is 21.4. The average Bonchev–Trinajstić information content (AvgIpc) is 3.81. The number of benzene rings is 12. The molecule has 0 N–H and O–H groups in total. The van der Waals surface area contributed by atoms with Crippen molar-refractivity contribution in [2.75, 3.05) is 0 Å². The maximum atomic E-state index is 2.45. The van der Waals surface area contributed by atoms with E-state index >= 15 is 0 Å². The van der Waals surface area contributed by atoms with Crippen LogP contribution < -0.4 is 0 Å². The fourth-order valence-corrected chi connectivity index (χ4v) is 11.6. The topological polar surface area (TPSA) is 9.86 Å². The van der Waals surface area contributed by atoms with Crippen LogP contribution in [0.1, 0.15) is 13.8 Å². The number of nitrogens with zero attached hydrogens (tertiary/aromatic N) is 2. The number of hydrogen-bond acceptors (Lipinski definition) is 0. The van der Waals surface area contributed by atoms with Crippen LogP contribution in [0.25, 0.3) is 141 Å². The molecule has 0 aliphatic carbocycles. The Kier molecular flexibility index (Phi) is 6.30. The summed E-state index contributed by atoms with van der Waals surface area (Å²) < 4.78 is 4.87. The zero-order valence-corrected chi connectivity index (χ0v) is 33.5. The molecule has 2 heterocycles. The Hall–Kier alpha value is -7.42. The molecule has 0 spiro atoms. The van der Waals surface area contributed by atoms with Crippen LogP contribution in [0, 0.1) is 0 Å². The molecule has 280 valence electrons. The predicted molar refractivity (Wildman–Crippen MR) is 260 cm³/mol. The van der Waals surface area contributed by atoms with Crippen molar-refractivity contribution >= 4 is 119 Å². The van der Waals surface area contributed by atoms with Gasteiger partial charge in [0, 0.05) is 56.7 Å². The van der Waals surface area contributed by atoms with Crippen molar-refractivity contribution in [1.29, 1.82) is 0 Å². The third-order valence-corrected chi connectivity index (χ3v) is 14.2. The number of aromatic nitrogens is 2. The quantitative estimate of drug-likeness (QED) is 0.125. The smallest absolute Gasteiger partial charge is 0.0491 e. The van der Waals surface area contributed by atoms with E-state index in [9.17, 15) is 0 Å². The molecule has 0 atom stereocenters.